The smallest absolute Gasteiger partial charge is 0.260 e. The van der Waals surface area contributed by atoms with E-state index in [1.165, 1.54) is 12.1 Å². The van der Waals surface area contributed by atoms with Crippen molar-refractivity contribution in [1.82, 2.24) is 15.0 Å². The van der Waals surface area contributed by atoms with Crippen LogP contribution in [-0.4, -0.2) is 33.8 Å². The summed E-state index contributed by atoms with van der Waals surface area (Å²) in [6, 6.07) is 16.9. The zero-order chi connectivity index (χ0) is 26.2. The van der Waals surface area contributed by atoms with Crippen molar-refractivity contribution in [2.24, 2.45) is 0 Å². The van der Waals surface area contributed by atoms with Crippen molar-refractivity contribution < 1.29 is 18.7 Å². The number of nitrogens with zero attached hydrogens (tertiary/aromatic N) is 4. The molecule has 10 heteroatoms. The third kappa shape index (κ3) is 4.68. The van der Waals surface area contributed by atoms with Crippen LogP contribution in [0.15, 0.2) is 73.1 Å². The van der Waals surface area contributed by atoms with E-state index in [0.717, 1.165) is 17.4 Å². The molecule has 0 unspecified atom stereocenters. The van der Waals surface area contributed by atoms with Crippen molar-refractivity contribution in [3.63, 3.8) is 0 Å². The Kier molecular flexibility index (Phi) is 6.00. The molecule has 37 heavy (non-hydrogen) atoms. The van der Waals surface area contributed by atoms with Crippen LogP contribution in [-0.2, 0) is 10.2 Å². The number of likely N-dealkylation sites (N-methyl/N-ethyl adjacent to an activating group) is 1. The average Bonchev–Trinajstić information content (AvgIpc) is 3.06. The third-order valence-corrected chi connectivity index (χ3v) is 6.08. The summed E-state index contributed by atoms with van der Waals surface area (Å²) in [6.07, 6.45) is 2.59. The van der Waals surface area contributed by atoms with Crippen molar-refractivity contribution >= 4 is 35.0 Å². The number of carbonyl (C=O) groups excluding carboxylic acids is 2. The molecular weight excluding hydrogens is 475 g/mol. The van der Waals surface area contributed by atoms with Gasteiger partial charge in [0.15, 0.2) is 0 Å². The molecule has 2 N–H and O–H groups in total. The van der Waals surface area contributed by atoms with Gasteiger partial charge in [0.1, 0.15) is 11.6 Å². The Morgan fingerprint density at radius 1 is 1.05 bits per heavy atom. The molecule has 0 atom stereocenters. The molecule has 0 spiro atoms. The van der Waals surface area contributed by atoms with E-state index in [1.54, 1.807) is 54.5 Å². The number of anilines is 4. The van der Waals surface area contributed by atoms with Crippen LogP contribution in [0.2, 0.25) is 0 Å². The molecule has 0 bridgehead atoms. The number of ether oxygens (including phenoxy) is 1. The summed E-state index contributed by atoms with van der Waals surface area (Å²) in [6.45, 7) is 3.74. The number of pyridine rings is 1. The van der Waals surface area contributed by atoms with Gasteiger partial charge in [0.2, 0.25) is 17.7 Å². The molecule has 0 radical (unpaired) electrons. The molecule has 186 valence electrons. The SMILES string of the molecule is CN1C(=O)C(C)(C)c2cc(Nc3ncc(F)c(Oc4ccc(C(=O)Nc5ccccn5)cc4)n3)ccc21. The fourth-order valence-electron chi connectivity index (χ4n) is 4.07. The van der Waals surface area contributed by atoms with Crippen LogP contribution in [0.25, 0.3) is 0 Å². The Bertz CT molecular complexity index is 1490. The predicted octanol–water partition coefficient (Wildman–Crippen LogP) is 5.05. The fraction of sp³-hybridized carbons (Fsp3) is 0.148. The van der Waals surface area contributed by atoms with Gasteiger partial charge in [0.05, 0.1) is 11.6 Å². The van der Waals surface area contributed by atoms with E-state index < -0.39 is 11.2 Å². The summed E-state index contributed by atoms with van der Waals surface area (Å²) in [5.41, 5.74) is 2.07. The highest BCUT2D eigenvalue weighted by molar-refractivity contribution is 6.07. The maximum atomic E-state index is 14.4. The average molecular weight is 499 g/mol. The molecular formula is C27H23FN6O3. The fourth-order valence-corrected chi connectivity index (χ4v) is 4.07. The minimum absolute atomic E-state index is 0.00796. The van der Waals surface area contributed by atoms with Crippen molar-refractivity contribution in [1.29, 1.82) is 0 Å². The first-order chi connectivity index (χ1) is 17.7. The highest BCUT2D eigenvalue weighted by Crippen LogP contribution is 2.42. The van der Waals surface area contributed by atoms with Crippen molar-refractivity contribution in [3.05, 3.63) is 90.0 Å². The lowest BCUT2D eigenvalue weighted by Crippen LogP contribution is -2.33. The topological polar surface area (TPSA) is 109 Å². The second-order valence-corrected chi connectivity index (χ2v) is 8.99. The molecule has 2 aromatic carbocycles. The number of nitrogens with one attached hydrogen (secondary N) is 2. The number of hydrogen-bond donors (Lipinski definition) is 2. The van der Waals surface area contributed by atoms with Gasteiger partial charge in [-0.25, -0.2) is 9.97 Å². The first-order valence-electron chi connectivity index (χ1n) is 11.4. The Morgan fingerprint density at radius 3 is 2.57 bits per heavy atom. The lowest BCUT2D eigenvalue weighted by molar-refractivity contribution is -0.121. The highest BCUT2D eigenvalue weighted by Gasteiger charge is 2.42. The number of hydrogen-bond acceptors (Lipinski definition) is 7. The van der Waals surface area contributed by atoms with Gasteiger partial charge in [-0.1, -0.05) is 6.07 Å². The molecule has 5 rings (SSSR count). The van der Waals surface area contributed by atoms with Crippen LogP contribution < -0.4 is 20.3 Å². The number of rotatable bonds is 6. The zero-order valence-corrected chi connectivity index (χ0v) is 20.3. The number of benzene rings is 2. The number of halogens is 1. The summed E-state index contributed by atoms with van der Waals surface area (Å²) < 4.78 is 20.0. The van der Waals surface area contributed by atoms with Crippen molar-refractivity contribution in [2.75, 3.05) is 22.6 Å². The van der Waals surface area contributed by atoms with Gasteiger partial charge in [0, 0.05) is 30.2 Å². The maximum Gasteiger partial charge on any atom is 0.260 e. The minimum atomic E-state index is -0.746. The molecule has 0 saturated carbocycles. The normalized spacial score (nSPS) is 13.7. The third-order valence-electron chi connectivity index (χ3n) is 6.08. The minimum Gasteiger partial charge on any atom is -0.436 e. The zero-order valence-electron chi connectivity index (χ0n) is 20.3. The van der Waals surface area contributed by atoms with E-state index in [1.807, 2.05) is 26.0 Å². The highest BCUT2D eigenvalue weighted by atomic mass is 19.1. The second kappa shape index (κ2) is 9.30. The van der Waals surface area contributed by atoms with E-state index in [-0.39, 0.29) is 23.6 Å². The Balaban J connectivity index is 1.30. The van der Waals surface area contributed by atoms with E-state index in [0.29, 0.717) is 22.8 Å². The Hall–Kier alpha value is -4.86. The monoisotopic (exact) mass is 498 g/mol. The Morgan fingerprint density at radius 2 is 1.84 bits per heavy atom. The summed E-state index contributed by atoms with van der Waals surface area (Å²) in [4.78, 5) is 38.8. The molecule has 0 aliphatic carbocycles. The van der Waals surface area contributed by atoms with Gasteiger partial charge in [-0.15, -0.1) is 0 Å². The van der Waals surface area contributed by atoms with Crippen molar-refractivity contribution in [2.45, 2.75) is 19.3 Å². The number of aromatic nitrogens is 3. The van der Waals surface area contributed by atoms with Crippen LogP contribution in [0.3, 0.4) is 0 Å². The van der Waals surface area contributed by atoms with Gasteiger partial charge >= 0.3 is 0 Å². The lowest BCUT2D eigenvalue weighted by Gasteiger charge is -2.17. The first-order valence-corrected chi connectivity index (χ1v) is 11.4. The molecule has 2 amide bonds. The van der Waals surface area contributed by atoms with Gasteiger partial charge < -0.3 is 20.3 Å². The largest absolute Gasteiger partial charge is 0.436 e. The molecule has 9 nitrogen and oxygen atoms in total. The summed E-state index contributed by atoms with van der Waals surface area (Å²) in [5, 5.41) is 5.74. The van der Waals surface area contributed by atoms with Crippen LogP contribution in [0.5, 0.6) is 11.6 Å². The first kappa shape index (κ1) is 23.9. The number of fused-ring (bicyclic) bond motifs is 1. The molecule has 3 heterocycles. The van der Waals surface area contributed by atoms with Crippen LogP contribution >= 0.6 is 0 Å². The maximum absolute atomic E-state index is 14.4. The standard InChI is InChI=1S/C27H23FN6O3/c1-27(2)19-14-17(9-12-21(19)34(3)25(27)36)31-26-30-15-20(28)24(33-26)37-18-10-7-16(8-11-18)23(35)32-22-6-4-5-13-29-22/h4-15H,1-3H3,(H,29,32,35)(H,30,31,33). The number of amides is 2. The molecule has 1 aliphatic rings. The molecule has 2 aromatic heterocycles. The van der Waals surface area contributed by atoms with Gasteiger partial charge in [-0.05, 0) is 74.0 Å². The van der Waals surface area contributed by atoms with E-state index in [4.69, 9.17) is 4.74 Å². The molecule has 4 aromatic rings. The lowest BCUT2D eigenvalue weighted by atomic mass is 9.86. The van der Waals surface area contributed by atoms with Crippen LogP contribution in [0.1, 0.15) is 29.8 Å². The Labute approximate surface area is 212 Å². The summed E-state index contributed by atoms with van der Waals surface area (Å²) in [5.74, 6) is -0.508. The van der Waals surface area contributed by atoms with Crippen molar-refractivity contribution in [3.8, 4) is 11.6 Å². The van der Waals surface area contributed by atoms with E-state index >= 15 is 0 Å². The van der Waals surface area contributed by atoms with E-state index in [2.05, 4.69) is 25.6 Å². The van der Waals surface area contributed by atoms with Gasteiger partial charge in [-0.2, -0.15) is 9.37 Å². The summed E-state index contributed by atoms with van der Waals surface area (Å²) >= 11 is 0. The van der Waals surface area contributed by atoms with Crippen LogP contribution in [0, 0.1) is 5.82 Å². The second-order valence-electron chi connectivity index (χ2n) is 8.99. The number of carbonyl (C=O) groups is 2. The quantitative estimate of drug-likeness (QED) is 0.383. The van der Waals surface area contributed by atoms with E-state index in [9.17, 15) is 14.0 Å². The van der Waals surface area contributed by atoms with Gasteiger partial charge in [-0.3, -0.25) is 9.59 Å². The predicted molar refractivity (Wildman–Crippen MR) is 137 cm³/mol. The molecule has 0 saturated heterocycles. The van der Waals surface area contributed by atoms with Crippen LogP contribution in [0.4, 0.5) is 27.5 Å². The molecule has 1 aliphatic heterocycles. The molecule has 0 fully saturated rings. The summed E-state index contributed by atoms with van der Waals surface area (Å²) in [7, 11) is 1.75. The van der Waals surface area contributed by atoms with Gasteiger partial charge in [0.25, 0.3) is 11.8 Å².